The molecule has 3 nitrogen and oxygen atoms in total. The highest BCUT2D eigenvalue weighted by molar-refractivity contribution is 6.09. The molecule has 0 fully saturated rings. The van der Waals surface area contributed by atoms with Crippen LogP contribution in [0.15, 0.2) is 128 Å². The Kier molecular flexibility index (Phi) is 5.22. The molecule has 2 aromatic heterocycles. The molecule has 2 heterocycles. The van der Waals surface area contributed by atoms with Crippen LogP contribution in [0, 0.1) is 13.8 Å². The van der Waals surface area contributed by atoms with Crippen LogP contribution < -0.4 is 0 Å². The second-order valence-electron chi connectivity index (χ2n) is 9.87. The van der Waals surface area contributed by atoms with E-state index in [9.17, 15) is 0 Å². The molecule has 0 aliphatic carbocycles. The molecule has 0 saturated carbocycles. The lowest BCUT2D eigenvalue weighted by atomic mass is 9.98. The summed E-state index contributed by atoms with van der Waals surface area (Å²) < 4.78 is 4.58. The third kappa shape index (κ3) is 3.55. The molecule has 3 heteroatoms. The Labute approximate surface area is 222 Å². The molecule has 0 spiro atoms. The van der Waals surface area contributed by atoms with E-state index in [-0.39, 0.29) is 0 Å². The zero-order valence-corrected chi connectivity index (χ0v) is 21.5. The number of imidazole rings is 1. The third-order valence-electron chi connectivity index (χ3n) is 7.42. The largest absolute Gasteiger partial charge is 0.309 e. The van der Waals surface area contributed by atoms with Gasteiger partial charge in [0.2, 0.25) is 0 Å². The third-order valence-corrected chi connectivity index (χ3v) is 7.42. The van der Waals surface area contributed by atoms with Gasteiger partial charge in [-0.25, -0.2) is 4.98 Å². The van der Waals surface area contributed by atoms with Crippen molar-refractivity contribution in [1.29, 1.82) is 0 Å². The van der Waals surface area contributed by atoms with E-state index in [2.05, 4.69) is 143 Å². The number of nitrogens with zero attached hydrogens (tertiary/aromatic N) is 3. The Balaban J connectivity index is 1.35. The summed E-state index contributed by atoms with van der Waals surface area (Å²) in [4.78, 5) is 4.68. The molecule has 0 aliphatic rings. The Morgan fingerprint density at radius 3 is 1.84 bits per heavy atom. The SMILES string of the molecule is Cc1cc(-c2cccc(-n3c4ccccc4c4ccccc43)c2)cc(C)c1-n1ccnc1-c1ccccc1. The van der Waals surface area contributed by atoms with Gasteiger partial charge in [0.25, 0.3) is 0 Å². The molecule has 0 amide bonds. The molecule has 0 unspecified atom stereocenters. The maximum atomic E-state index is 4.68. The van der Waals surface area contributed by atoms with Crippen molar-refractivity contribution in [2.75, 3.05) is 0 Å². The van der Waals surface area contributed by atoms with Gasteiger partial charge in [0.15, 0.2) is 0 Å². The van der Waals surface area contributed by atoms with Crippen molar-refractivity contribution in [2.24, 2.45) is 0 Å². The minimum absolute atomic E-state index is 0.956. The number of hydrogen-bond donors (Lipinski definition) is 0. The number of fused-ring (bicyclic) bond motifs is 3. The van der Waals surface area contributed by atoms with E-state index in [0.717, 1.165) is 11.4 Å². The summed E-state index contributed by atoms with van der Waals surface area (Å²) in [7, 11) is 0. The van der Waals surface area contributed by atoms with Gasteiger partial charge in [-0.1, -0.05) is 78.9 Å². The fourth-order valence-corrected chi connectivity index (χ4v) is 5.81. The van der Waals surface area contributed by atoms with Crippen molar-refractivity contribution < 1.29 is 0 Å². The quantitative estimate of drug-likeness (QED) is 0.242. The van der Waals surface area contributed by atoms with Crippen LogP contribution in [-0.2, 0) is 0 Å². The van der Waals surface area contributed by atoms with Crippen molar-refractivity contribution in [1.82, 2.24) is 14.1 Å². The fraction of sp³-hybridized carbons (Fsp3) is 0.0571. The van der Waals surface area contributed by atoms with Crippen LogP contribution in [0.4, 0.5) is 0 Å². The molecule has 0 atom stereocenters. The van der Waals surface area contributed by atoms with Gasteiger partial charge in [-0.2, -0.15) is 0 Å². The van der Waals surface area contributed by atoms with Gasteiger partial charge in [0, 0.05) is 34.4 Å². The van der Waals surface area contributed by atoms with Crippen LogP contribution in [0.1, 0.15) is 11.1 Å². The summed E-state index contributed by atoms with van der Waals surface area (Å²) in [5.41, 5.74) is 10.8. The van der Waals surface area contributed by atoms with E-state index in [0.29, 0.717) is 0 Å². The molecule has 7 rings (SSSR count). The molecular formula is C35H27N3. The number of aryl methyl sites for hydroxylation is 2. The summed E-state index contributed by atoms with van der Waals surface area (Å²) in [5.74, 6) is 0.956. The highest BCUT2D eigenvalue weighted by atomic mass is 15.1. The maximum absolute atomic E-state index is 4.68. The topological polar surface area (TPSA) is 22.8 Å². The Bertz CT molecular complexity index is 1860. The number of hydrogen-bond acceptors (Lipinski definition) is 1. The van der Waals surface area contributed by atoms with Gasteiger partial charge in [-0.15, -0.1) is 0 Å². The predicted octanol–water partition coefficient (Wildman–Crippen LogP) is 8.92. The number of aromatic nitrogens is 3. The fourth-order valence-electron chi connectivity index (χ4n) is 5.81. The normalized spacial score (nSPS) is 11.4. The van der Waals surface area contributed by atoms with Gasteiger partial charge in [0.05, 0.1) is 16.7 Å². The molecule has 0 bridgehead atoms. The molecule has 38 heavy (non-hydrogen) atoms. The first-order chi connectivity index (χ1) is 18.7. The first kappa shape index (κ1) is 22.3. The number of para-hydroxylation sites is 2. The summed E-state index contributed by atoms with van der Waals surface area (Å²) in [6.07, 6.45) is 3.94. The van der Waals surface area contributed by atoms with E-state index in [1.54, 1.807) is 0 Å². The second kappa shape index (κ2) is 8.89. The minimum Gasteiger partial charge on any atom is -0.309 e. The Hall–Kier alpha value is -4.89. The lowest BCUT2D eigenvalue weighted by Gasteiger charge is -2.17. The average Bonchev–Trinajstić information content (AvgIpc) is 3.56. The Morgan fingerprint density at radius 2 is 1.16 bits per heavy atom. The minimum atomic E-state index is 0.956. The van der Waals surface area contributed by atoms with Crippen molar-refractivity contribution in [3.8, 4) is 33.9 Å². The Morgan fingerprint density at radius 1 is 0.553 bits per heavy atom. The number of benzene rings is 5. The van der Waals surface area contributed by atoms with Crippen LogP contribution >= 0.6 is 0 Å². The summed E-state index contributed by atoms with van der Waals surface area (Å²) in [5, 5.41) is 2.55. The summed E-state index contributed by atoms with van der Waals surface area (Å²) in [6.45, 7) is 4.38. The van der Waals surface area contributed by atoms with E-state index in [1.165, 1.54) is 55.4 Å². The first-order valence-electron chi connectivity index (χ1n) is 13.0. The molecule has 0 radical (unpaired) electrons. The van der Waals surface area contributed by atoms with Crippen LogP contribution in [0.5, 0.6) is 0 Å². The van der Waals surface area contributed by atoms with Crippen molar-refractivity contribution >= 4 is 21.8 Å². The monoisotopic (exact) mass is 489 g/mol. The van der Waals surface area contributed by atoms with Gasteiger partial charge >= 0.3 is 0 Å². The van der Waals surface area contributed by atoms with E-state index < -0.39 is 0 Å². The summed E-state index contributed by atoms with van der Waals surface area (Å²) in [6, 6.07) is 41.1. The maximum Gasteiger partial charge on any atom is 0.144 e. The van der Waals surface area contributed by atoms with Crippen LogP contribution in [0.3, 0.4) is 0 Å². The van der Waals surface area contributed by atoms with E-state index in [1.807, 2.05) is 12.3 Å². The van der Waals surface area contributed by atoms with Gasteiger partial charge in [0.1, 0.15) is 5.82 Å². The standard InChI is InChI=1S/C35H27N3/c1-24-21-28(22-25(2)34(24)37-20-19-36-35(37)26-11-4-3-5-12-26)27-13-10-14-29(23-27)38-32-17-8-6-15-30(32)31-16-7-9-18-33(31)38/h3-23H,1-2H3. The smallest absolute Gasteiger partial charge is 0.144 e. The lowest BCUT2D eigenvalue weighted by Crippen LogP contribution is -2.02. The lowest BCUT2D eigenvalue weighted by molar-refractivity contribution is 1.03. The van der Waals surface area contributed by atoms with Crippen LogP contribution in [0.25, 0.3) is 55.7 Å². The second-order valence-corrected chi connectivity index (χ2v) is 9.87. The van der Waals surface area contributed by atoms with Gasteiger partial charge in [-0.05, 0) is 72.5 Å². The van der Waals surface area contributed by atoms with Crippen molar-refractivity contribution in [3.05, 3.63) is 139 Å². The highest BCUT2D eigenvalue weighted by Crippen LogP contribution is 2.35. The van der Waals surface area contributed by atoms with Gasteiger partial charge < -0.3 is 4.57 Å². The molecule has 0 N–H and O–H groups in total. The van der Waals surface area contributed by atoms with E-state index in [4.69, 9.17) is 0 Å². The van der Waals surface area contributed by atoms with Crippen molar-refractivity contribution in [2.45, 2.75) is 13.8 Å². The average molecular weight is 490 g/mol. The summed E-state index contributed by atoms with van der Waals surface area (Å²) >= 11 is 0. The highest BCUT2D eigenvalue weighted by Gasteiger charge is 2.15. The van der Waals surface area contributed by atoms with Crippen LogP contribution in [0.2, 0.25) is 0 Å². The molecule has 182 valence electrons. The molecular weight excluding hydrogens is 462 g/mol. The molecule has 7 aromatic rings. The van der Waals surface area contributed by atoms with Gasteiger partial charge in [-0.3, -0.25) is 4.57 Å². The zero-order valence-electron chi connectivity index (χ0n) is 21.5. The number of rotatable bonds is 4. The molecule has 0 aliphatic heterocycles. The van der Waals surface area contributed by atoms with E-state index >= 15 is 0 Å². The predicted molar refractivity (Wildman–Crippen MR) is 158 cm³/mol. The van der Waals surface area contributed by atoms with Crippen LogP contribution in [-0.4, -0.2) is 14.1 Å². The van der Waals surface area contributed by atoms with Crippen molar-refractivity contribution in [3.63, 3.8) is 0 Å². The first-order valence-corrected chi connectivity index (χ1v) is 13.0. The molecule has 0 saturated heterocycles. The molecule has 5 aromatic carbocycles. The zero-order chi connectivity index (χ0) is 25.6.